The number of sulfonamides is 1. The van der Waals surface area contributed by atoms with Crippen molar-refractivity contribution < 1.29 is 17.9 Å². The van der Waals surface area contributed by atoms with E-state index in [2.05, 4.69) is 4.98 Å². The number of rotatable bonds is 8. The number of methoxy groups -OCH3 is 2. The molecule has 1 rings (SSSR count). The van der Waals surface area contributed by atoms with Crippen molar-refractivity contribution in [3.05, 3.63) is 28.7 Å². The summed E-state index contributed by atoms with van der Waals surface area (Å²) in [5.41, 5.74) is -0.546. The van der Waals surface area contributed by atoms with Crippen LogP contribution < -0.4 is 5.43 Å². The monoisotopic (exact) mass is 304 g/mol. The van der Waals surface area contributed by atoms with Crippen molar-refractivity contribution in [3.8, 4) is 0 Å². The summed E-state index contributed by atoms with van der Waals surface area (Å²) < 4.78 is 36.3. The van der Waals surface area contributed by atoms with Gasteiger partial charge in [-0.15, -0.1) is 0 Å². The fourth-order valence-electron chi connectivity index (χ4n) is 1.81. The molecule has 7 nitrogen and oxygen atoms in total. The molecular formula is C12H20N2O5S. The second-order valence-electron chi connectivity index (χ2n) is 4.29. The zero-order valence-corrected chi connectivity index (χ0v) is 12.6. The molecule has 0 bridgehead atoms. The fourth-order valence-corrected chi connectivity index (χ4v) is 3.45. The van der Waals surface area contributed by atoms with Gasteiger partial charge in [-0.1, -0.05) is 0 Å². The standard InChI is InChI=1S/C12H20N2O5S/c1-10(9-19-3)14(6-7-18-2)20(16,17)12-8-13-5-4-11(12)15/h4-5,8,10H,6-7,9H2,1-3H3,(H,13,15). The first kappa shape index (κ1) is 16.8. The Labute approximate surface area is 118 Å². The zero-order valence-electron chi connectivity index (χ0n) is 11.8. The number of nitrogens with zero attached hydrogens (tertiary/aromatic N) is 1. The molecule has 1 aromatic heterocycles. The Balaban J connectivity index is 3.17. The van der Waals surface area contributed by atoms with Gasteiger partial charge in [-0.3, -0.25) is 4.79 Å². The summed E-state index contributed by atoms with van der Waals surface area (Å²) in [6.07, 6.45) is 2.58. The van der Waals surface area contributed by atoms with Gasteiger partial charge < -0.3 is 14.5 Å². The van der Waals surface area contributed by atoms with Crippen molar-refractivity contribution in [2.24, 2.45) is 0 Å². The van der Waals surface area contributed by atoms with Crippen LogP contribution in [0.1, 0.15) is 6.92 Å². The van der Waals surface area contributed by atoms with Gasteiger partial charge in [-0.2, -0.15) is 4.31 Å². The lowest BCUT2D eigenvalue weighted by molar-refractivity contribution is 0.119. The van der Waals surface area contributed by atoms with Gasteiger partial charge in [0.05, 0.1) is 13.2 Å². The third-order valence-electron chi connectivity index (χ3n) is 2.79. The molecular weight excluding hydrogens is 284 g/mol. The highest BCUT2D eigenvalue weighted by molar-refractivity contribution is 7.89. The third-order valence-corrected chi connectivity index (χ3v) is 4.82. The van der Waals surface area contributed by atoms with E-state index in [9.17, 15) is 13.2 Å². The van der Waals surface area contributed by atoms with E-state index in [1.807, 2.05) is 0 Å². The molecule has 0 saturated carbocycles. The van der Waals surface area contributed by atoms with Crippen molar-refractivity contribution in [2.45, 2.75) is 17.9 Å². The lowest BCUT2D eigenvalue weighted by Gasteiger charge is -2.27. The van der Waals surface area contributed by atoms with Gasteiger partial charge in [0.25, 0.3) is 0 Å². The zero-order chi connectivity index (χ0) is 15.2. The second-order valence-corrected chi connectivity index (χ2v) is 6.14. The number of nitrogens with one attached hydrogen (secondary N) is 1. The molecule has 0 aliphatic carbocycles. The average molecular weight is 304 g/mol. The molecule has 1 aromatic rings. The lowest BCUT2D eigenvalue weighted by atomic mass is 10.3. The van der Waals surface area contributed by atoms with Crippen LogP contribution in [0.4, 0.5) is 0 Å². The summed E-state index contributed by atoms with van der Waals surface area (Å²) in [5.74, 6) is 0. The van der Waals surface area contributed by atoms with E-state index in [0.717, 1.165) is 0 Å². The maximum atomic E-state index is 12.6. The van der Waals surface area contributed by atoms with Gasteiger partial charge in [0.1, 0.15) is 4.90 Å². The quantitative estimate of drug-likeness (QED) is 0.733. The molecule has 0 amide bonds. The van der Waals surface area contributed by atoms with E-state index in [1.54, 1.807) is 6.92 Å². The van der Waals surface area contributed by atoms with Crippen LogP contribution in [0.5, 0.6) is 0 Å². The van der Waals surface area contributed by atoms with Crippen molar-refractivity contribution in [1.82, 2.24) is 9.29 Å². The summed E-state index contributed by atoms with van der Waals surface area (Å²) in [5, 5.41) is 0. The van der Waals surface area contributed by atoms with Crippen LogP contribution >= 0.6 is 0 Å². The molecule has 0 aromatic carbocycles. The van der Waals surface area contributed by atoms with Crippen molar-refractivity contribution in [2.75, 3.05) is 34.0 Å². The van der Waals surface area contributed by atoms with Crippen LogP contribution in [-0.2, 0) is 19.5 Å². The smallest absolute Gasteiger partial charge is 0.248 e. The summed E-state index contributed by atoms with van der Waals surface area (Å²) >= 11 is 0. The molecule has 0 aliphatic rings. The Morgan fingerprint density at radius 3 is 2.60 bits per heavy atom. The summed E-state index contributed by atoms with van der Waals surface area (Å²) in [6, 6.07) is 0.780. The highest BCUT2D eigenvalue weighted by Gasteiger charge is 2.30. The number of ether oxygens (including phenoxy) is 2. The van der Waals surface area contributed by atoms with Gasteiger partial charge >= 0.3 is 0 Å². The molecule has 8 heteroatoms. The SMILES string of the molecule is COCCN(C(C)COC)S(=O)(=O)c1c[nH]ccc1=O. The summed E-state index contributed by atoms with van der Waals surface area (Å²) in [6.45, 7) is 2.33. The van der Waals surface area contributed by atoms with Gasteiger partial charge in [-0.25, -0.2) is 8.42 Å². The van der Waals surface area contributed by atoms with Crippen LogP contribution in [0, 0.1) is 0 Å². The fraction of sp³-hybridized carbons (Fsp3) is 0.583. The Hall–Kier alpha value is -1.22. The predicted molar refractivity (Wildman–Crippen MR) is 74.2 cm³/mol. The molecule has 20 heavy (non-hydrogen) atoms. The Morgan fingerprint density at radius 2 is 2.05 bits per heavy atom. The maximum absolute atomic E-state index is 12.6. The third kappa shape index (κ3) is 3.89. The topological polar surface area (TPSA) is 88.7 Å². The normalized spacial score (nSPS) is 13.6. The minimum Gasteiger partial charge on any atom is -0.383 e. The molecule has 1 N–H and O–H groups in total. The van der Waals surface area contributed by atoms with E-state index < -0.39 is 21.5 Å². The maximum Gasteiger partial charge on any atom is 0.248 e. The lowest BCUT2D eigenvalue weighted by Crippen LogP contribution is -2.44. The van der Waals surface area contributed by atoms with Crippen LogP contribution in [-0.4, -0.2) is 57.7 Å². The Morgan fingerprint density at radius 1 is 1.35 bits per heavy atom. The molecule has 0 aliphatic heterocycles. The molecule has 0 fully saturated rings. The number of aromatic nitrogens is 1. The van der Waals surface area contributed by atoms with Crippen molar-refractivity contribution in [3.63, 3.8) is 0 Å². The average Bonchev–Trinajstić information content (AvgIpc) is 2.39. The molecule has 1 unspecified atom stereocenters. The number of hydrogen-bond acceptors (Lipinski definition) is 5. The van der Waals surface area contributed by atoms with E-state index in [-0.39, 0.29) is 24.7 Å². The molecule has 1 atom stereocenters. The molecule has 0 spiro atoms. The van der Waals surface area contributed by atoms with E-state index in [1.165, 1.54) is 37.0 Å². The highest BCUT2D eigenvalue weighted by Crippen LogP contribution is 2.14. The van der Waals surface area contributed by atoms with Gasteiger partial charge in [-0.05, 0) is 6.92 Å². The number of pyridine rings is 1. The van der Waals surface area contributed by atoms with E-state index in [4.69, 9.17) is 9.47 Å². The highest BCUT2D eigenvalue weighted by atomic mass is 32.2. The molecule has 0 saturated heterocycles. The van der Waals surface area contributed by atoms with Crippen LogP contribution in [0.25, 0.3) is 0 Å². The van der Waals surface area contributed by atoms with Gasteiger partial charge in [0.2, 0.25) is 15.5 Å². The number of H-pyrrole nitrogens is 1. The van der Waals surface area contributed by atoms with Gasteiger partial charge in [0, 0.05) is 45.3 Å². The van der Waals surface area contributed by atoms with Crippen LogP contribution in [0.15, 0.2) is 28.2 Å². The Bertz CT molecular complexity index is 569. The van der Waals surface area contributed by atoms with Crippen molar-refractivity contribution in [1.29, 1.82) is 0 Å². The second kappa shape index (κ2) is 7.53. The minimum atomic E-state index is -3.90. The largest absolute Gasteiger partial charge is 0.383 e. The van der Waals surface area contributed by atoms with E-state index >= 15 is 0 Å². The minimum absolute atomic E-state index is 0.150. The van der Waals surface area contributed by atoms with Gasteiger partial charge in [0.15, 0.2) is 0 Å². The first-order valence-electron chi connectivity index (χ1n) is 6.12. The molecule has 1 heterocycles. The molecule has 114 valence electrons. The van der Waals surface area contributed by atoms with E-state index in [0.29, 0.717) is 0 Å². The number of hydrogen-bond donors (Lipinski definition) is 1. The number of aromatic amines is 1. The van der Waals surface area contributed by atoms with Crippen molar-refractivity contribution >= 4 is 10.0 Å². The van der Waals surface area contributed by atoms with Crippen LogP contribution in [0.2, 0.25) is 0 Å². The Kier molecular flexibility index (Phi) is 6.34. The van der Waals surface area contributed by atoms with Crippen LogP contribution in [0.3, 0.4) is 0 Å². The first-order chi connectivity index (χ1) is 9.45. The predicted octanol–water partition coefficient (Wildman–Crippen LogP) is 0.0469. The molecule has 0 radical (unpaired) electrons. The summed E-state index contributed by atoms with van der Waals surface area (Å²) in [7, 11) is -0.916. The summed E-state index contributed by atoms with van der Waals surface area (Å²) in [4.78, 5) is 14.1. The first-order valence-corrected chi connectivity index (χ1v) is 7.56.